The molecule has 1 aromatic heterocycles. The maximum Gasteiger partial charge on any atom is 0.162 e. The van der Waals surface area contributed by atoms with Gasteiger partial charge >= 0.3 is 0 Å². The summed E-state index contributed by atoms with van der Waals surface area (Å²) < 4.78 is 93.2. The molecule has 0 aliphatic carbocycles. The number of thiocarbonyl (C=S) groups is 2. The quantitative estimate of drug-likeness (QED) is 0.153. The number of ketones is 4. The van der Waals surface area contributed by atoms with E-state index >= 15 is 0 Å². The number of carbonyl (C=O) groups is 4. The van der Waals surface area contributed by atoms with Crippen molar-refractivity contribution in [1.29, 1.82) is 0 Å². The number of allylic oxidation sites excluding steroid dienone is 5. The van der Waals surface area contributed by atoms with Gasteiger partial charge in [-0.15, -0.1) is 23.5 Å². The van der Waals surface area contributed by atoms with Crippen molar-refractivity contribution < 1.29 is 109 Å². The highest BCUT2D eigenvalue weighted by molar-refractivity contribution is 8.06. The molecular formula is C108H181N9O23S10. The molecular weight excluding hydrogens is 2110 g/mol. The number of nitrogens with zero attached hydrogens (tertiary/aromatic N) is 4. The standard InChI is InChI=1S/C6H6.C5H7NO.C5H5N.C5H8O2.C5H6O2.C5H10O2.2C5H6OS.C5H10OS.C5H10O.C5H6S2.C5H10S2.C4H10N2.C4H8N2.C4H6N2.C4H9NO.C4H8O2.C4H6O2.C4H8O2.C4H8OS.C4H8O.C4H6O.C4H8S2.C3H6O2/c1-2-4-6-5-3-1;7-5-1-3-6-4-2-5;1-2-4-6-5-3-1;2*6-5-1-3-7-4-2-5;1-2-6-4-5-7-3-1;6-5-1-3-7-4-2-5;7-5-1-3-6-4-2-5;1-2-6-3-5-7-4-1;1-2-4-6-5-3-1;6-5-1-3-7-4-2-5;1-2-6-4-5-7-3-1;3*1-2-6-4-3-5-1;1-3-6-4-2-5-1;2*1-2-6-4-3-5-1;1-2-5-4-6-3-1;1-3-6-4-2-5-1;2*1-2-4-5-3-1;1-2-6-4-3-5-1;1-2-5-3-4-1/h1-6H;1,3,6H,2,4H2;1-5H;1-4H2;1,3H,2,4H2;1-5H2;2*1,3H,2,4H2;1-5H2;1-5H2;1,3H,2,4H2;1-5H2;5-6H,1-4H2;1,6H,2-4H2;1-2H,3-4H2;5H,1-4H2;1-4H2;1-2H,3-4H2;2*1-4H2;1-4H2;1,3H,2,4H2;1-4H2;1-3H2. The average Bonchev–Trinajstić information content (AvgIpc) is 1.42. The molecule has 22 aliphatic rings. The summed E-state index contributed by atoms with van der Waals surface area (Å²) in [5.41, 5.74) is 0. The molecule has 150 heavy (non-hydrogen) atoms. The molecule has 2 aromatic rings. The van der Waals surface area contributed by atoms with Crippen molar-refractivity contribution in [1.82, 2.24) is 31.6 Å². The van der Waals surface area contributed by atoms with Crippen LogP contribution in [0.4, 0.5) is 0 Å². The van der Waals surface area contributed by atoms with E-state index in [1.165, 1.54) is 132 Å². The Morgan fingerprint density at radius 2 is 0.680 bits per heavy atom. The van der Waals surface area contributed by atoms with Crippen molar-refractivity contribution in [3.63, 3.8) is 0 Å². The van der Waals surface area contributed by atoms with Crippen LogP contribution in [0.25, 0.3) is 0 Å². The number of piperazine rings is 1. The molecule has 0 radical (unpaired) electrons. The van der Waals surface area contributed by atoms with E-state index in [2.05, 4.69) is 99.0 Å². The summed E-state index contributed by atoms with van der Waals surface area (Å²) in [6.45, 7) is 37.3. The summed E-state index contributed by atoms with van der Waals surface area (Å²) in [7, 11) is 0. The third-order valence-electron chi connectivity index (χ3n) is 19.1. The number of morpholine rings is 1. The molecule has 24 rings (SSSR count). The van der Waals surface area contributed by atoms with Gasteiger partial charge in [0.25, 0.3) is 0 Å². The van der Waals surface area contributed by atoms with Crippen LogP contribution in [0.3, 0.4) is 0 Å². The molecule has 32 nitrogen and oxygen atoms in total. The lowest BCUT2D eigenvalue weighted by Gasteiger charge is -2.11. The van der Waals surface area contributed by atoms with Crippen molar-refractivity contribution in [3.05, 3.63) is 152 Å². The third-order valence-corrected chi connectivity index (χ3v) is 28.2. The molecule has 856 valence electrons. The molecule has 0 spiro atoms. The maximum atomic E-state index is 10.4. The highest BCUT2D eigenvalue weighted by Crippen LogP contribution is 2.17. The van der Waals surface area contributed by atoms with Gasteiger partial charge in [0.05, 0.1) is 171 Å². The maximum absolute atomic E-state index is 10.4. The second-order valence-electron chi connectivity index (χ2n) is 31.8. The lowest BCUT2D eigenvalue weighted by Crippen LogP contribution is -2.39. The van der Waals surface area contributed by atoms with E-state index in [0.29, 0.717) is 78.1 Å². The van der Waals surface area contributed by atoms with Crippen molar-refractivity contribution in [3.8, 4) is 0 Å². The highest BCUT2D eigenvalue weighted by atomic mass is 32.2. The highest BCUT2D eigenvalue weighted by Gasteiger charge is 2.09. The molecule has 0 bridgehead atoms. The second kappa shape index (κ2) is 129. The Morgan fingerprint density at radius 3 is 0.947 bits per heavy atom. The minimum atomic E-state index is 0.159. The van der Waals surface area contributed by atoms with Crippen LogP contribution in [-0.2, 0) is 109 Å². The van der Waals surface area contributed by atoms with Crippen LogP contribution in [0, 0.1) is 0 Å². The summed E-state index contributed by atoms with van der Waals surface area (Å²) in [5, 5.41) is 19.6. The number of Topliss-reactive ketones (excluding diaryl/α,β-unsaturated/α-hetero) is 1. The van der Waals surface area contributed by atoms with Crippen LogP contribution >= 0.6 is 119 Å². The zero-order chi connectivity index (χ0) is 107. The Labute approximate surface area is 943 Å². The van der Waals surface area contributed by atoms with Gasteiger partial charge in [0, 0.05) is 260 Å². The monoisotopic (exact) mass is 2290 g/mol. The topological polar surface area (TPSA) is 354 Å². The van der Waals surface area contributed by atoms with Crippen molar-refractivity contribution in [2.24, 2.45) is 15.0 Å². The largest absolute Gasteiger partial charge is 0.501 e. The number of pyridine rings is 1. The smallest absolute Gasteiger partial charge is 0.162 e. The fourth-order valence-electron chi connectivity index (χ4n) is 11.2. The molecule has 0 saturated carbocycles. The Balaban J connectivity index is 0.000000783. The first-order valence-corrected chi connectivity index (χ1v) is 62.7. The zero-order valence-electron chi connectivity index (χ0n) is 89.3. The predicted octanol–water partition coefficient (Wildman–Crippen LogP) is 16.2. The average molecular weight is 2290 g/mol. The van der Waals surface area contributed by atoms with Gasteiger partial charge in [0.1, 0.15) is 45.1 Å². The molecule has 1 aromatic carbocycles. The minimum Gasteiger partial charge on any atom is -0.501 e. The summed E-state index contributed by atoms with van der Waals surface area (Å²) in [4.78, 5) is 59.0. The van der Waals surface area contributed by atoms with Gasteiger partial charge in [-0.3, -0.25) is 39.1 Å². The Bertz CT molecular complexity index is 2900. The number of benzene rings is 1. The Morgan fingerprint density at radius 1 is 0.267 bits per heavy atom. The van der Waals surface area contributed by atoms with Gasteiger partial charge in [-0.1, -0.05) is 66.9 Å². The molecule has 22 aliphatic heterocycles. The van der Waals surface area contributed by atoms with E-state index in [1.807, 2.05) is 120 Å². The van der Waals surface area contributed by atoms with Crippen LogP contribution in [0.2, 0.25) is 0 Å². The third kappa shape index (κ3) is 127. The number of rotatable bonds is 0. The number of aliphatic imine (C=N–C) groups is 3. The van der Waals surface area contributed by atoms with Crippen LogP contribution in [0.15, 0.2) is 167 Å². The van der Waals surface area contributed by atoms with Gasteiger partial charge in [-0.2, -0.15) is 70.6 Å². The number of hydrogen-bond acceptors (Lipinski definition) is 42. The molecule has 5 N–H and O–H groups in total. The van der Waals surface area contributed by atoms with E-state index < -0.39 is 0 Å². The van der Waals surface area contributed by atoms with Crippen molar-refractivity contribution in [2.75, 3.05) is 364 Å². The van der Waals surface area contributed by atoms with Crippen LogP contribution in [0.1, 0.15) is 109 Å². The Hall–Kier alpha value is -4.70. The SMILES string of the molecule is C1=COCC1.C1=COCCO1.C1=NCCN=C1.C1=NCCNC1.C1CCOC1.C1CCOCC1.C1CNCCN1.C1COCCN1.C1COCCO1.C1COCCOC1.C1COCCSC1.C1COCO1.C1COCOC1.C1CSCCO1.C1CSCCS1.C1CSCCSC1.O=C1C=CNCC1.O=C1C=COCC1.O=C1C=CSCC1.O=C1CCOCC1.S=C1C=COCC1.S=C1C=CSCC1.c1ccccc1.c1ccncc1. The van der Waals surface area contributed by atoms with Gasteiger partial charge in [-0.25, -0.2) is 0 Å². The molecule has 13 fully saturated rings. The lowest BCUT2D eigenvalue weighted by atomic mass is 10.2. The number of carbonyl (C=O) groups excluding carboxylic acids is 4. The molecule has 0 atom stereocenters. The van der Waals surface area contributed by atoms with E-state index in [-0.39, 0.29) is 17.3 Å². The number of aromatic nitrogens is 1. The first kappa shape index (κ1) is 143. The minimum absolute atomic E-state index is 0.159. The summed E-state index contributed by atoms with van der Waals surface area (Å²) in [6, 6.07) is 17.7. The summed E-state index contributed by atoms with van der Waals surface area (Å²) >= 11 is 25.6. The van der Waals surface area contributed by atoms with E-state index in [0.717, 1.165) is 291 Å². The molecule has 0 amide bonds. The molecule has 23 heterocycles. The van der Waals surface area contributed by atoms with Crippen LogP contribution in [0.5, 0.6) is 0 Å². The van der Waals surface area contributed by atoms with Gasteiger partial charge < -0.3 is 117 Å². The number of nitrogens with one attached hydrogen (secondary N) is 5. The van der Waals surface area contributed by atoms with Crippen molar-refractivity contribution >= 4 is 170 Å². The molecule has 13 saturated heterocycles. The van der Waals surface area contributed by atoms with Gasteiger partial charge in [0.2, 0.25) is 0 Å². The number of ether oxygens (including phenoxy) is 19. The van der Waals surface area contributed by atoms with Gasteiger partial charge in [0.15, 0.2) is 17.3 Å². The van der Waals surface area contributed by atoms with E-state index in [9.17, 15) is 19.2 Å². The first-order chi connectivity index (χ1) is 74.4. The molecule has 0 unspecified atom stereocenters. The normalized spacial score (nSPS) is 20.9. The Kier molecular flexibility index (Phi) is 124. The number of thioether (sulfide) groups is 8. The van der Waals surface area contributed by atoms with E-state index in [4.69, 9.17) is 114 Å². The first-order valence-electron chi connectivity index (χ1n) is 52.9. The fraction of sp³-hybridized carbons (Fsp3) is 0.685. The van der Waals surface area contributed by atoms with Gasteiger partial charge in [-0.05, 0) is 141 Å². The van der Waals surface area contributed by atoms with Crippen LogP contribution in [-0.4, -0.2) is 421 Å². The summed E-state index contributed by atoms with van der Waals surface area (Å²) in [6.07, 6.45) is 46.5. The second-order valence-corrected chi connectivity index (χ2v) is 42.3. The predicted molar refractivity (Wildman–Crippen MR) is 638 cm³/mol. The summed E-state index contributed by atoms with van der Waals surface area (Å²) in [5.74, 6) is 19.1. The van der Waals surface area contributed by atoms with Crippen LogP contribution < -0.4 is 26.6 Å². The van der Waals surface area contributed by atoms with Crippen molar-refractivity contribution in [2.45, 2.75) is 109 Å². The fourth-order valence-corrected chi connectivity index (χ4v) is 19.1. The molecule has 42 heteroatoms. The zero-order valence-corrected chi connectivity index (χ0v) is 97.4. The lowest BCUT2D eigenvalue weighted by molar-refractivity contribution is -0.124. The number of hydrogen-bond donors (Lipinski definition) is 5. The van der Waals surface area contributed by atoms with E-state index in [1.54, 1.807) is 80.0 Å².